The van der Waals surface area contributed by atoms with Gasteiger partial charge in [-0.25, -0.2) is 4.39 Å². The third-order valence-electron chi connectivity index (χ3n) is 5.67. The largest absolute Gasteiger partial charge is 0.336 e. The van der Waals surface area contributed by atoms with Gasteiger partial charge in [0.05, 0.1) is 12.1 Å². The Labute approximate surface area is 154 Å². The molecule has 1 aliphatic heterocycles. The van der Waals surface area contributed by atoms with E-state index in [1.807, 2.05) is 6.92 Å². The summed E-state index contributed by atoms with van der Waals surface area (Å²) in [4.78, 5) is 14.8. The molecule has 1 fully saturated rings. The molecule has 1 unspecified atom stereocenters. The molecule has 1 saturated carbocycles. The Hall–Kier alpha value is -2.19. The highest BCUT2D eigenvalue weighted by Crippen LogP contribution is 2.28. The third kappa shape index (κ3) is 4.13. The van der Waals surface area contributed by atoms with E-state index < -0.39 is 5.54 Å². The predicted octanol–water partition coefficient (Wildman–Crippen LogP) is 3.65. The molecule has 1 aromatic carbocycles. The Kier molecular flexibility index (Phi) is 5.73. The average molecular weight is 355 g/mol. The number of hydrogen-bond donors (Lipinski definition) is 1. The van der Waals surface area contributed by atoms with E-state index in [1.54, 1.807) is 12.1 Å². The molecular formula is C21H26FN3O. The first-order valence-corrected chi connectivity index (χ1v) is 9.45. The molecule has 1 atom stereocenters. The lowest BCUT2D eigenvalue weighted by molar-refractivity contribution is -0.127. The van der Waals surface area contributed by atoms with Gasteiger partial charge in [0.25, 0.3) is 0 Å². The van der Waals surface area contributed by atoms with Crippen molar-refractivity contribution in [1.29, 1.82) is 5.26 Å². The van der Waals surface area contributed by atoms with E-state index in [4.69, 9.17) is 0 Å². The first-order chi connectivity index (χ1) is 12.5. The van der Waals surface area contributed by atoms with Crippen LogP contribution in [0, 0.1) is 17.1 Å². The van der Waals surface area contributed by atoms with Crippen molar-refractivity contribution in [1.82, 2.24) is 10.2 Å². The van der Waals surface area contributed by atoms with Crippen LogP contribution in [0.2, 0.25) is 0 Å². The Balaban J connectivity index is 1.60. The van der Waals surface area contributed by atoms with Crippen LogP contribution < -0.4 is 5.32 Å². The molecular weight excluding hydrogens is 329 g/mol. The number of carbonyl (C=O) groups excluding carboxylic acids is 1. The number of amides is 1. The molecule has 0 saturated heterocycles. The first-order valence-electron chi connectivity index (χ1n) is 9.45. The van der Waals surface area contributed by atoms with Crippen molar-refractivity contribution in [2.75, 3.05) is 13.1 Å². The van der Waals surface area contributed by atoms with Crippen LogP contribution in [0.15, 0.2) is 30.3 Å². The monoisotopic (exact) mass is 355 g/mol. The zero-order valence-corrected chi connectivity index (χ0v) is 15.3. The zero-order valence-electron chi connectivity index (χ0n) is 15.3. The second-order valence-corrected chi connectivity index (χ2v) is 7.40. The second-order valence-electron chi connectivity index (χ2n) is 7.40. The lowest BCUT2D eigenvalue weighted by Gasteiger charge is -2.36. The molecule has 2 aliphatic rings. The first kappa shape index (κ1) is 18.6. The highest BCUT2D eigenvalue weighted by molar-refractivity contribution is 5.82. The number of hydrogen-bond acceptors (Lipinski definition) is 3. The maximum atomic E-state index is 13.1. The van der Waals surface area contributed by atoms with Gasteiger partial charge in [0.2, 0.25) is 5.91 Å². The molecule has 1 amide bonds. The van der Waals surface area contributed by atoms with Crippen molar-refractivity contribution in [3.05, 3.63) is 41.7 Å². The van der Waals surface area contributed by atoms with E-state index in [-0.39, 0.29) is 17.8 Å². The van der Waals surface area contributed by atoms with E-state index in [1.165, 1.54) is 17.7 Å². The molecule has 1 aromatic rings. The molecule has 5 heteroatoms. The standard InChI is InChI=1S/C21H26FN3O/c1-16(20(26)24-21(15-23)11-3-2-4-12-21)25-13-9-18(10-14-25)17-5-7-19(22)8-6-17/h5-9,16H,2-4,10-14H2,1H3,(H,24,26). The van der Waals surface area contributed by atoms with Crippen molar-refractivity contribution >= 4 is 11.5 Å². The molecule has 3 rings (SSSR count). The SMILES string of the molecule is CC(C(=O)NC1(C#N)CCCCC1)N1CC=C(c2ccc(F)cc2)CC1. The topological polar surface area (TPSA) is 56.1 Å². The van der Waals surface area contributed by atoms with Crippen molar-refractivity contribution in [3.63, 3.8) is 0 Å². The van der Waals surface area contributed by atoms with Gasteiger partial charge in [0.15, 0.2) is 0 Å². The van der Waals surface area contributed by atoms with Crippen LogP contribution in [-0.4, -0.2) is 35.5 Å². The number of nitriles is 1. The van der Waals surface area contributed by atoms with Gasteiger partial charge >= 0.3 is 0 Å². The average Bonchev–Trinajstić information content (AvgIpc) is 2.69. The van der Waals surface area contributed by atoms with Crippen molar-refractivity contribution in [2.24, 2.45) is 0 Å². The van der Waals surface area contributed by atoms with Gasteiger partial charge in [0, 0.05) is 13.1 Å². The molecule has 4 nitrogen and oxygen atoms in total. The fraction of sp³-hybridized carbons (Fsp3) is 0.524. The number of benzene rings is 1. The summed E-state index contributed by atoms with van der Waals surface area (Å²) in [5.41, 5.74) is 1.54. The van der Waals surface area contributed by atoms with Crippen LogP contribution >= 0.6 is 0 Å². The maximum Gasteiger partial charge on any atom is 0.238 e. The van der Waals surface area contributed by atoms with Crippen molar-refractivity contribution < 1.29 is 9.18 Å². The summed E-state index contributed by atoms with van der Waals surface area (Å²) in [7, 11) is 0. The third-order valence-corrected chi connectivity index (χ3v) is 5.67. The Morgan fingerprint density at radius 1 is 1.27 bits per heavy atom. The summed E-state index contributed by atoms with van der Waals surface area (Å²) in [5, 5.41) is 12.6. The number of halogens is 1. The van der Waals surface area contributed by atoms with Crippen LogP contribution in [-0.2, 0) is 4.79 Å². The summed E-state index contributed by atoms with van der Waals surface area (Å²) in [5.74, 6) is -0.293. The minimum absolute atomic E-state index is 0.0629. The lowest BCUT2D eigenvalue weighted by atomic mass is 9.82. The summed E-state index contributed by atoms with van der Waals surface area (Å²) >= 11 is 0. The van der Waals surface area contributed by atoms with Gasteiger partial charge in [-0.05, 0) is 49.5 Å². The fourth-order valence-electron chi connectivity index (χ4n) is 3.89. The van der Waals surface area contributed by atoms with Crippen molar-refractivity contribution in [3.8, 4) is 6.07 Å². The van der Waals surface area contributed by atoms with Crippen molar-refractivity contribution in [2.45, 2.75) is 57.0 Å². The van der Waals surface area contributed by atoms with Gasteiger partial charge in [-0.2, -0.15) is 5.26 Å². The fourth-order valence-corrected chi connectivity index (χ4v) is 3.89. The predicted molar refractivity (Wildman–Crippen MR) is 99.6 cm³/mol. The van der Waals surface area contributed by atoms with E-state index in [2.05, 4.69) is 22.4 Å². The van der Waals surface area contributed by atoms with Crippen LogP contribution in [0.4, 0.5) is 4.39 Å². The van der Waals surface area contributed by atoms with E-state index in [9.17, 15) is 14.4 Å². The lowest BCUT2D eigenvalue weighted by Crippen LogP contribution is -2.55. The minimum Gasteiger partial charge on any atom is -0.336 e. The maximum absolute atomic E-state index is 13.1. The number of rotatable bonds is 4. The number of nitrogens with one attached hydrogen (secondary N) is 1. The van der Waals surface area contributed by atoms with Crippen LogP contribution in [0.3, 0.4) is 0 Å². The normalized spacial score (nSPS) is 21.3. The summed E-state index contributed by atoms with van der Waals surface area (Å²) < 4.78 is 13.1. The van der Waals surface area contributed by atoms with Crippen LogP contribution in [0.1, 0.15) is 51.0 Å². The van der Waals surface area contributed by atoms with Gasteiger partial charge in [-0.3, -0.25) is 9.69 Å². The molecule has 1 N–H and O–H groups in total. The molecule has 0 spiro atoms. The molecule has 26 heavy (non-hydrogen) atoms. The van der Waals surface area contributed by atoms with Gasteiger partial charge < -0.3 is 5.32 Å². The molecule has 0 aromatic heterocycles. The molecule has 1 heterocycles. The summed E-state index contributed by atoms with van der Waals surface area (Å²) in [6.07, 6.45) is 7.56. The smallest absolute Gasteiger partial charge is 0.238 e. The van der Waals surface area contributed by atoms with E-state index >= 15 is 0 Å². The highest BCUT2D eigenvalue weighted by atomic mass is 19.1. The quantitative estimate of drug-likeness (QED) is 0.897. The minimum atomic E-state index is -0.686. The summed E-state index contributed by atoms with van der Waals surface area (Å²) in [6, 6.07) is 8.63. The Bertz CT molecular complexity index is 714. The van der Waals surface area contributed by atoms with Gasteiger partial charge in [0.1, 0.15) is 11.4 Å². The Morgan fingerprint density at radius 3 is 2.54 bits per heavy atom. The summed E-state index contributed by atoms with van der Waals surface area (Å²) in [6.45, 7) is 3.36. The van der Waals surface area contributed by atoms with Gasteiger partial charge in [-0.1, -0.05) is 37.5 Å². The Morgan fingerprint density at radius 2 is 1.96 bits per heavy atom. The molecule has 138 valence electrons. The van der Waals surface area contributed by atoms with Crippen LogP contribution in [0.5, 0.6) is 0 Å². The zero-order chi connectivity index (χ0) is 18.6. The number of nitrogens with zero attached hydrogens (tertiary/aromatic N) is 2. The highest BCUT2D eigenvalue weighted by Gasteiger charge is 2.35. The number of carbonyl (C=O) groups is 1. The second kappa shape index (κ2) is 8.01. The van der Waals surface area contributed by atoms with Gasteiger partial charge in [-0.15, -0.1) is 0 Å². The molecule has 0 radical (unpaired) electrons. The van der Waals surface area contributed by atoms with E-state index in [0.717, 1.165) is 50.6 Å². The molecule has 1 aliphatic carbocycles. The van der Waals surface area contributed by atoms with E-state index in [0.29, 0.717) is 6.54 Å². The molecule has 0 bridgehead atoms. The van der Waals surface area contributed by atoms with Crippen LogP contribution in [0.25, 0.3) is 5.57 Å².